The third-order valence-electron chi connectivity index (χ3n) is 11.3. The highest BCUT2D eigenvalue weighted by atomic mass is 32.1. The Labute approximate surface area is 323 Å². The fourth-order valence-electron chi connectivity index (χ4n) is 8.33. The van der Waals surface area contributed by atoms with Gasteiger partial charge in [0.2, 0.25) is 0 Å². The molecule has 0 aliphatic carbocycles. The molecule has 1 atom stereocenters. The van der Waals surface area contributed by atoms with Crippen LogP contribution in [0.2, 0.25) is 0 Å². The summed E-state index contributed by atoms with van der Waals surface area (Å²) >= 11 is 3.68. The summed E-state index contributed by atoms with van der Waals surface area (Å²) < 4.78 is 5.11. The highest BCUT2D eigenvalue weighted by Crippen LogP contribution is 2.47. The molecule has 9 rings (SSSR count). The molecule has 0 spiro atoms. The van der Waals surface area contributed by atoms with Crippen molar-refractivity contribution in [2.45, 2.75) is 52.4 Å². The van der Waals surface area contributed by atoms with Crippen LogP contribution in [0.25, 0.3) is 68.3 Å². The molecule has 54 heavy (non-hydrogen) atoms. The lowest BCUT2D eigenvalue weighted by molar-refractivity contribution is -0.132. The molecule has 1 aliphatic rings. The van der Waals surface area contributed by atoms with Gasteiger partial charge in [-0.25, -0.2) is 4.79 Å². The normalized spacial score (nSPS) is 13.7. The lowest BCUT2D eigenvalue weighted by atomic mass is 9.95. The van der Waals surface area contributed by atoms with Crippen LogP contribution in [0.1, 0.15) is 56.2 Å². The van der Waals surface area contributed by atoms with Crippen molar-refractivity contribution in [3.8, 4) is 17.2 Å². The first-order valence-electron chi connectivity index (χ1n) is 19.0. The Morgan fingerprint density at radius 2 is 1.43 bits per heavy atom. The van der Waals surface area contributed by atoms with Crippen LogP contribution < -0.4 is 4.90 Å². The van der Waals surface area contributed by atoms with Gasteiger partial charge >= 0.3 is 5.97 Å². The van der Waals surface area contributed by atoms with Gasteiger partial charge in [-0.05, 0) is 135 Å². The fraction of sp³-hybridized carbons (Fsp3) is 0.208. The van der Waals surface area contributed by atoms with E-state index in [0.29, 0.717) is 11.5 Å². The van der Waals surface area contributed by atoms with Crippen molar-refractivity contribution in [1.82, 2.24) is 0 Å². The summed E-state index contributed by atoms with van der Waals surface area (Å²) in [5.74, 6) is -0.546. The molecule has 2 aromatic heterocycles. The zero-order chi connectivity index (χ0) is 36.9. The number of rotatable bonds is 9. The molecule has 6 aromatic carbocycles. The molecule has 1 aliphatic heterocycles. The van der Waals surface area contributed by atoms with Crippen LogP contribution in [0.3, 0.4) is 0 Å². The second kappa shape index (κ2) is 14.1. The average molecular weight is 741 g/mol. The number of hydrogen-bond acceptors (Lipinski definition) is 5. The monoisotopic (exact) mass is 740 g/mol. The van der Waals surface area contributed by atoms with Gasteiger partial charge in [-0.15, -0.1) is 22.7 Å². The van der Waals surface area contributed by atoms with E-state index >= 15 is 0 Å². The number of carboxylic acids is 1. The fourth-order valence-corrected chi connectivity index (χ4v) is 11.0. The number of anilines is 2. The van der Waals surface area contributed by atoms with Gasteiger partial charge in [0.15, 0.2) is 0 Å². The van der Waals surface area contributed by atoms with Gasteiger partial charge in [0.25, 0.3) is 0 Å². The largest absolute Gasteiger partial charge is 0.477 e. The zero-order valence-electron chi connectivity index (χ0n) is 30.5. The van der Waals surface area contributed by atoms with Crippen molar-refractivity contribution in [3.05, 3.63) is 125 Å². The van der Waals surface area contributed by atoms with E-state index in [1.807, 2.05) is 40.9 Å². The van der Waals surface area contributed by atoms with Gasteiger partial charge in [0.1, 0.15) is 11.6 Å². The van der Waals surface area contributed by atoms with Gasteiger partial charge in [0, 0.05) is 38.1 Å². The smallest absolute Gasteiger partial charge is 0.346 e. The van der Waals surface area contributed by atoms with Crippen LogP contribution >= 0.6 is 22.7 Å². The minimum Gasteiger partial charge on any atom is -0.477 e. The van der Waals surface area contributed by atoms with Crippen LogP contribution in [0.15, 0.2) is 109 Å². The Kier molecular flexibility index (Phi) is 8.93. The maximum absolute atomic E-state index is 11.4. The molecule has 8 aromatic rings. The number of thiophene rings is 2. The van der Waals surface area contributed by atoms with Gasteiger partial charge in [-0.1, -0.05) is 81.6 Å². The Morgan fingerprint density at radius 3 is 2.13 bits per heavy atom. The minimum absolute atomic E-state index is 0.272. The maximum Gasteiger partial charge on any atom is 0.346 e. The molecular formula is C48H40N2O2S2. The number of aryl methyl sites for hydroxylation is 2. The predicted molar refractivity (Wildman–Crippen MR) is 231 cm³/mol. The molecule has 3 heterocycles. The number of aliphatic carboxylic acids is 1. The number of nitriles is 1. The summed E-state index contributed by atoms with van der Waals surface area (Å²) in [4.78, 5) is 14.1. The number of benzene rings is 6. The number of nitrogens with zero attached hydrogens (tertiary/aromatic N) is 2. The van der Waals surface area contributed by atoms with E-state index in [1.165, 1.54) is 106 Å². The summed E-state index contributed by atoms with van der Waals surface area (Å²) in [6.45, 7) is 5.70. The van der Waals surface area contributed by atoms with Gasteiger partial charge in [-0.3, -0.25) is 0 Å². The van der Waals surface area contributed by atoms with Crippen molar-refractivity contribution >= 4 is 97.2 Å². The van der Waals surface area contributed by atoms with Gasteiger partial charge in [0.05, 0.1) is 9.40 Å². The lowest BCUT2D eigenvalue weighted by Gasteiger charge is -2.31. The topological polar surface area (TPSA) is 64.3 Å². The van der Waals surface area contributed by atoms with E-state index < -0.39 is 5.97 Å². The van der Waals surface area contributed by atoms with Crippen molar-refractivity contribution < 1.29 is 9.90 Å². The summed E-state index contributed by atoms with van der Waals surface area (Å²) in [6.07, 6.45) is 8.52. The average Bonchev–Trinajstić information content (AvgIpc) is 3.66. The summed E-state index contributed by atoms with van der Waals surface area (Å²) in [7, 11) is 0. The number of hydrogen-bond donors (Lipinski definition) is 1. The summed E-state index contributed by atoms with van der Waals surface area (Å²) in [5.41, 5.74) is 8.55. The summed E-state index contributed by atoms with van der Waals surface area (Å²) in [5, 5.41) is 25.7. The van der Waals surface area contributed by atoms with E-state index in [0.717, 1.165) is 30.2 Å². The van der Waals surface area contributed by atoms with Gasteiger partial charge in [-0.2, -0.15) is 5.26 Å². The van der Waals surface area contributed by atoms with Crippen LogP contribution in [-0.4, -0.2) is 17.6 Å². The van der Waals surface area contributed by atoms with E-state index in [4.69, 9.17) is 0 Å². The molecule has 6 heteroatoms. The number of carbonyl (C=O) groups is 1. The van der Waals surface area contributed by atoms with E-state index in [2.05, 4.69) is 104 Å². The highest BCUT2D eigenvalue weighted by molar-refractivity contribution is 7.36. The van der Waals surface area contributed by atoms with E-state index in [9.17, 15) is 15.2 Å². The molecule has 266 valence electrons. The molecule has 0 amide bonds. The van der Waals surface area contributed by atoms with Crippen LogP contribution in [-0.2, 0) is 17.6 Å². The number of unbranched alkanes of at least 4 members (excludes halogenated alkanes) is 1. The molecule has 0 bridgehead atoms. The third kappa shape index (κ3) is 6.12. The van der Waals surface area contributed by atoms with Crippen molar-refractivity contribution in [2.75, 3.05) is 11.4 Å². The zero-order valence-corrected chi connectivity index (χ0v) is 32.1. The molecule has 0 fully saturated rings. The number of carboxylic acid groups (broad SMARTS) is 1. The van der Waals surface area contributed by atoms with Crippen LogP contribution in [0, 0.1) is 17.2 Å². The number of fused-ring (bicyclic) bond motifs is 9. The minimum atomic E-state index is -1.22. The second-order valence-electron chi connectivity index (χ2n) is 14.7. The quantitative estimate of drug-likeness (QED) is 0.118. The standard InChI is InChI=1S/C48H40N2O2S2/c1-3-5-8-29(4-2)28-50-42-10-7-6-9-31(42)13-16-36-21-33(17-18-43(36)50)32-14-15-35-26-45-41(24-38(35)22-32)47-46(54-45)40-23-37-19-30(20-39(27-49)48(51)52)11-12-34(37)25-44(40)53-47/h6-7,9-12,14-15,17-26,29H,3-5,8,13,16,28H2,1-2H3,(H,51,52)/b39-20+. The van der Waals surface area contributed by atoms with Gasteiger partial charge < -0.3 is 10.0 Å². The predicted octanol–water partition coefficient (Wildman–Crippen LogP) is 13.7. The molecule has 0 saturated heterocycles. The van der Waals surface area contributed by atoms with Crippen molar-refractivity contribution in [2.24, 2.45) is 5.92 Å². The SMILES string of the molecule is CCCCC(CC)CN1c2ccccc2CCc2cc(-c3ccc4cc5sc6c7cc8cc(/C=C(\C#N)C(=O)O)ccc8cc7sc6c5cc4c3)ccc21. The molecular weight excluding hydrogens is 701 g/mol. The van der Waals surface area contributed by atoms with Crippen LogP contribution in [0.4, 0.5) is 11.4 Å². The van der Waals surface area contributed by atoms with E-state index in [-0.39, 0.29) is 5.57 Å². The maximum atomic E-state index is 11.4. The van der Waals surface area contributed by atoms with Crippen molar-refractivity contribution in [3.63, 3.8) is 0 Å². The Morgan fingerprint density at radius 1 is 0.778 bits per heavy atom. The highest BCUT2D eigenvalue weighted by Gasteiger charge is 2.24. The van der Waals surface area contributed by atoms with Crippen molar-refractivity contribution in [1.29, 1.82) is 5.26 Å². The molecule has 4 nitrogen and oxygen atoms in total. The third-order valence-corrected chi connectivity index (χ3v) is 13.8. The first-order chi connectivity index (χ1) is 26.4. The molecule has 0 radical (unpaired) electrons. The summed E-state index contributed by atoms with van der Waals surface area (Å²) in [6, 6.07) is 39.9. The Balaban J connectivity index is 1.09. The van der Waals surface area contributed by atoms with Crippen LogP contribution in [0.5, 0.6) is 0 Å². The lowest BCUT2D eigenvalue weighted by Crippen LogP contribution is -2.26. The first kappa shape index (κ1) is 34.3. The first-order valence-corrected chi connectivity index (χ1v) is 20.6. The molecule has 1 unspecified atom stereocenters. The Bertz CT molecular complexity index is 2850. The Hall–Kier alpha value is -5.48. The molecule has 0 saturated carbocycles. The second-order valence-corrected chi connectivity index (χ2v) is 16.8. The molecule has 1 N–H and O–H groups in total. The van der Waals surface area contributed by atoms with E-state index in [1.54, 1.807) is 6.07 Å². The number of para-hydroxylation sites is 1.